The van der Waals surface area contributed by atoms with Gasteiger partial charge in [0, 0.05) is 25.0 Å². The molecule has 1 aromatic rings. The first-order valence-electron chi connectivity index (χ1n) is 6.16. The van der Waals surface area contributed by atoms with Crippen LogP contribution in [-0.4, -0.2) is 52.7 Å². The van der Waals surface area contributed by atoms with E-state index in [1.165, 1.54) is 0 Å². The average Bonchev–Trinajstić information content (AvgIpc) is 2.39. The zero-order valence-electron chi connectivity index (χ0n) is 10.5. The lowest BCUT2D eigenvalue weighted by Crippen LogP contribution is -2.46. The molecule has 0 spiro atoms. The number of carbonyl (C=O) groups excluding carboxylic acids is 1. The molecule has 1 atom stereocenters. The van der Waals surface area contributed by atoms with Crippen LogP contribution in [0.4, 0.5) is 0 Å². The second kappa shape index (κ2) is 6.29. The van der Waals surface area contributed by atoms with Crippen LogP contribution in [0, 0.1) is 0 Å². The minimum absolute atomic E-state index is 0.0441. The third kappa shape index (κ3) is 4.03. The SMILES string of the molecule is O=C(O)CC1CN(C(=O)Cc2ccccn2)CCO1. The van der Waals surface area contributed by atoms with Gasteiger partial charge in [0.2, 0.25) is 5.91 Å². The van der Waals surface area contributed by atoms with E-state index in [0.717, 1.165) is 0 Å². The molecule has 1 aromatic heterocycles. The summed E-state index contributed by atoms with van der Waals surface area (Å²) in [7, 11) is 0. The van der Waals surface area contributed by atoms with Crippen LogP contribution in [0.3, 0.4) is 0 Å². The van der Waals surface area contributed by atoms with Crippen LogP contribution in [0.2, 0.25) is 0 Å². The Labute approximate surface area is 111 Å². The lowest BCUT2D eigenvalue weighted by Gasteiger charge is -2.32. The molecule has 1 aliphatic heterocycles. The van der Waals surface area contributed by atoms with Gasteiger partial charge < -0.3 is 14.7 Å². The summed E-state index contributed by atoms with van der Waals surface area (Å²) in [4.78, 5) is 28.5. The Morgan fingerprint density at radius 3 is 3.00 bits per heavy atom. The highest BCUT2D eigenvalue weighted by Crippen LogP contribution is 2.10. The molecule has 2 rings (SSSR count). The Morgan fingerprint density at radius 1 is 1.47 bits per heavy atom. The largest absolute Gasteiger partial charge is 0.481 e. The van der Waals surface area contributed by atoms with Gasteiger partial charge in [-0.1, -0.05) is 6.07 Å². The Balaban J connectivity index is 1.90. The third-order valence-corrected chi connectivity index (χ3v) is 2.95. The number of carbonyl (C=O) groups is 2. The molecule has 1 amide bonds. The van der Waals surface area contributed by atoms with Crippen molar-refractivity contribution in [3.8, 4) is 0 Å². The van der Waals surface area contributed by atoms with Crippen LogP contribution in [0.5, 0.6) is 0 Å². The van der Waals surface area contributed by atoms with Gasteiger partial charge in [-0.05, 0) is 12.1 Å². The maximum atomic E-state index is 12.1. The highest BCUT2D eigenvalue weighted by molar-refractivity contribution is 5.78. The van der Waals surface area contributed by atoms with Crippen molar-refractivity contribution in [3.63, 3.8) is 0 Å². The maximum absolute atomic E-state index is 12.1. The van der Waals surface area contributed by atoms with Crippen LogP contribution >= 0.6 is 0 Å². The van der Waals surface area contributed by atoms with Crippen LogP contribution in [0.1, 0.15) is 12.1 Å². The molecule has 6 heteroatoms. The number of hydrogen-bond donors (Lipinski definition) is 1. The Kier molecular flexibility index (Phi) is 4.46. The van der Waals surface area contributed by atoms with Gasteiger partial charge in [0.1, 0.15) is 0 Å². The van der Waals surface area contributed by atoms with Crippen molar-refractivity contribution in [2.45, 2.75) is 18.9 Å². The fraction of sp³-hybridized carbons (Fsp3) is 0.462. The highest BCUT2D eigenvalue weighted by Gasteiger charge is 2.25. The summed E-state index contributed by atoms with van der Waals surface area (Å²) >= 11 is 0. The predicted molar refractivity (Wildman–Crippen MR) is 66.5 cm³/mol. The molecule has 0 radical (unpaired) electrons. The number of morpholine rings is 1. The van der Waals surface area contributed by atoms with E-state index in [2.05, 4.69) is 4.98 Å². The first kappa shape index (κ1) is 13.5. The molecule has 102 valence electrons. The number of rotatable bonds is 4. The summed E-state index contributed by atoms with van der Waals surface area (Å²) < 4.78 is 5.33. The van der Waals surface area contributed by atoms with Crippen molar-refractivity contribution in [3.05, 3.63) is 30.1 Å². The van der Waals surface area contributed by atoms with Gasteiger partial charge in [0.15, 0.2) is 0 Å². The molecule has 1 N–H and O–H groups in total. The zero-order chi connectivity index (χ0) is 13.7. The first-order valence-corrected chi connectivity index (χ1v) is 6.16. The Hall–Kier alpha value is -1.95. The van der Waals surface area contributed by atoms with Crippen molar-refractivity contribution >= 4 is 11.9 Å². The maximum Gasteiger partial charge on any atom is 0.306 e. The van der Waals surface area contributed by atoms with Gasteiger partial charge in [-0.2, -0.15) is 0 Å². The van der Waals surface area contributed by atoms with Crippen LogP contribution < -0.4 is 0 Å². The minimum atomic E-state index is -0.913. The summed E-state index contributed by atoms with van der Waals surface area (Å²) in [5.41, 5.74) is 0.716. The smallest absolute Gasteiger partial charge is 0.306 e. The Morgan fingerprint density at radius 2 is 2.32 bits per heavy atom. The van der Waals surface area contributed by atoms with Crippen LogP contribution in [0.25, 0.3) is 0 Å². The summed E-state index contributed by atoms with van der Waals surface area (Å²) in [5.74, 6) is -0.957. The number of carboxylic acid groups (broad SMARTS) is 1. The quantitative estimate of drug-likeness (QED) is 0.847. The number of hydrogen-bond acceptors (Lipinski definition) is 4. The molecule has 0 bridgehead atoms. The average molecular weight is 264 g/mol. The molecule has 0 aromatic carbocycles. The number of amides is 1. The topological polar surface area (TPSA) is 79.7 Å². The van der Waals surface area contributed by atoms with E-state index in [9.17, 15) is 9.59 Å². The molecule has 1 aliphatic rings. The summed E-state index contributed by atoms with van der Waals surface area (Å²) in [6.45, 7) is 1.21. The summed E-state index contributed by atoms with van der Waals surface area (Å²) in [6.07, 6.45) is 1.39. The van der Waals surface area contributed by atoms with E-state index in [0.29, 0.717) is 25.4 Å². The van der Waals surface area contributed by atoms with E-state index in [4.69, 9.17) is 9.84 Å². The number of ether oxygens (including phenoxy) is 1. The van der Waals surface area contributed by atoms with Crippen molar-refractivity contribution in [1.29, 1.82) is 0 Å². The van der Waals surface area contributed by atoms with Crippen LogP contribution in [-0.2, 0) is 20.7 Å². The van der Waals surface area contributed by atoms with Gasteiger partial charge in [-0.3, -0.25) is 14.6 Å². The Bertz CT molecular complexity index is 449. The standard InChI is InChI=1S/C13H16N2O4/c16-12(7-10-3-1-2-4-14-10)15-5-6-19-11(9-15)8-13(17)18/h1-4,11H,5-9H2,(H,17,18). The third-order valence-electron chi connectivity index (χ3n) is 2.95. The molecule has 2 heterocycles. The molecular weight excluding hydrogens is 248 g/mol. The van der Waals surface area contributed by atoms with E-state index in [-0.39, 0.29) is 18.7 Å². The number of pyridine rings is 1. The second-order valence-corrected chi connectivity index (χ2v) is 4.43. The van der Waals surface area contributed by atoms with Crippen molar-refractivity contribution in [1.82, 2.24) is 9.88 Å². The first-order chi connectivity index (χ1) is 9.15. The van der Waals surface area contributed by atoms with Gasteiger partial charge in [-0.25, -0.2) is 0 Å². The van der Waals surface area contributed by atoms with Gasteiger partial charge in [0.05, 0.1) is 25.6 Å². The highest BCUT2D eigenvalue weighted by atomic mass is 16.5. The summed E-state index contributed by atoms with van der Waals surface area (Å²) in [6, 6.07) is 5.43. The van der Waals surface area contributed by atoms with E-state index in [1.54, 1.807) is 23.2 Å². The van der Waals surface area contributed by atoms with Crippen molar-refractivity contribution in [2.24, 2.45) is 0 Å². The predicted octanol–water partition coefficient (Wildman–Crippen LogP) is 0.326. The molecule has 6 nitrogen and oxygen atoms in total. The number of carboxylic acids is 1. The fourth-order valence-corrected chi connectivity index (χ4v) is 2.03. The van der Waals surface area contributed by atoms with Crippen molar-refractivity contribution in [2.75, 3.05) is 19.7 Å². The number of aliphatic carboxylic acids is 1. The number of aromatic nitrogens is 1. The molecule has 0 aliphatic carbocycles. The molecule has 1 unspecified atom stereocenters. The van der Waals surface area contributed by atoms with E-state index >= 15 is 0 Å². The van der Waals surface area contributed by atoms with E-state index < -0.39 is 12.1 Å². The van der Waals surface area contributed by atoms with Crippen molar-refractivity contribution < 1.29 is 19.4 Å². The normalized spacial score (nSPS) is 19.2. The summed E-state index contributed by atoms with van der Waals surface area (Å²) in [5, 5.41) is 8.73. The molecule has 1 fully saturated rings. The molecule has 19 heavy (non-hydrogen) atoms. The zero-order valence-corrected chi connectivity index (χ0v) is 10.5. The minimum Gasteiger partial charge on any atom is -0.481 e. The lowest BCUT2D eigenvalue weighted by atomic mass is 10.2. The molecule has 0 saturated carbocycles. The van der Waals surface area contributed by atoms with Gasteiger partial charge in [0.25, 0.3) is 0 Å². The second-order valence-electron chi connectivity index (χ2n) is 4.43. The van der Waals surface area contributed by atoms with Gasteiger partial charge in [-0.15, -0.1) is 0 Å². The van der Waals surface area contributed by atoms with Crippen LogP contribution in [0.15, 0.2) is 24.4 Å². The lowest BCUT2D eigenvalue weighted by molar-refractivity contribution is -0.147. The monoisotopic (exact) mass is 264 g/mol. The molecule has 1 saturated heterocycles. The van der Waals surface area contributed by atoms with Gasteiger partial charge >= 0.3 is 5.97 Å². The fourth-order valence-electron chi connectivity index (χ4n) is 2.03. The van der Waals surface area contributed by atoms with E-state index in [1.807, 2.05) is 6.07 Å². The number of nitrogens with zero attached hydrogens (tertiary/aromatic N) is 2. The molecular formula is C13H16N2O4.